The Bertz CT molecular complexity index is 805. The number of nitrogens with one attached hydrogen (secondary N) is 1. The van der Waals surface area contributed by atoms with Crippen LogP contribution in [-0.4, -0.2) is 20.6 Å². The summed E-state index contributed by atoms with van der Waals surface area (Å²) < 4.78 is 13.8. The molecule has 0 atom stereocenters. The summed E-state index contributed by atoms with van der Waals surface area (Å²) in [7, 11) is 0. The molecule has 0 fully saturated rings. The van der Waals surface area contributed by atoms with Crippen molar-refractivity contribution in [2.75, 3.05) is 0 Å². The zero-order valence-electron chi connectivity index (χ0n) is 9.49. The third-order valence-corrected chi connectivity index (χ3v) is 2.97. The quantitative estimate of drug-likeness (QED) is 0.881. The van der Waals surface area contributed by atoms with Crippen LogP contribution < -0.4 is 11.2 Å². The summed E-state index contributed by atoms with van der Waals surface area (Å²) >= 11 is 11.6. The van der Waals surface area contributed by atoms with E-state index in [1.165, 1.54) is 0 Å². The predicted molar refractivity (Wildman–Crippen MR) is 69.6 cm³/mol. The van der Waals surface area contributed by atoms with Crippen molar-refractivity contribution in [3.63, 3.8) is 0 Å². The van der Waals surface area contributed by atoms with Crippen molar-refractivity contribution in [3.8, 4) is 5.69 Å². The highest BCUT2D eigenvalue weighted by molar-refractivity contribution is 6.37. The number of H-pyrrole nitrogens is 1. The van der Waals surface area contributed by atoms with Gasteiger partial charge in [0.25, 0.3) is 5.56 Å². The highest BCUT2D eigenvalue weighted by atomic mass is 35.5. The summed E-state index contributed by atoms with van der Waals surface area (Å²) in [4.78, 5) is 35.7. The lowest BCUT2D eigenvalue weighted by Crippen LogP contribution is -2.32. The first-order valence-corrected chi connectivity index (χ1v) is 5.81. The smallest absolute Gasteiger partial charge is 0.342 e. The Balaban J connectivity index is 2.84. The Labute approximate surface area is 120 Å². The molecule has 104 valence electrons. The summed E-state index contributed by atoms with van der Waals surface area (Å²) in [6.45, 7) is 0. The number of rotatable bonds is 2. The van der Waals surface area contributed by atoms with E-state index in [2.05, 4.69) is 0 Å². The molecular formula is C11H5Cl2FN2O4. The fraction of sp³-hybridized carbons (Fsp3) is 0. The van der Waals surface area contributed by atoms with E-state index in [0.717, 1.165) is 22.9 Å². The van der Waals surface area contributed by atoms with E-state index >= 15 is 0 Å². The topological polar surface area (TPSA) is 92.2 Å². The number of aromatic carboxylic acids is 1. The molecule has 20 heavy (non-hydrogen) atoms. The van der Waals surface area contributed by atoms with Crippen molar-refractivity contribution < 1.29 is 14.3 Å². The lowest BCUT2D eigenvalue weighted by molar-refractivity contribution is 0.0694. The van der Waals surface area contributed by atoms with Gasteiger partial charge >= 0.3 is 11.7 Å². The molecule has 1 aromatic heterocycles. The average Bonchev–Trinajstić information content (AvgIpc) is 2.29. The van der Waals surface area contributed by atoms with Crippen LogP contribution in [0.1, 0.15) is 10.4 Å². The van der Waals surface area contributed by atoms with Crippen molar-refractivity contribution in [2.45, 2.75) is 0 Å². The Morgan fingerprint density at radius 2 is 1.80 bits per heavy atom. The number of aromatic amines is 1. The van der Waals surface area contributed by atoms with Gasteiger partial charge in [0.1, 0.15) is 11.4 Å². The molecule has 0 amide bonds. The number of carboxylic acid groups (broad SMARTS) is 1. The SMILES string of the molecule is O=C(O)c1cn(-c2c(Cl)cc(F)cc2Cl)c(=O)[nH]c1=O. The molecule has 0 aliphatic carbocycles. The molecule has 0 unspecified atom stereocenters. The van der Waals surface area contributed by atoms with E-state index < -0.39 is 28.6 Å². The molecule has 9 heteroatoms. The number of nitrogens with zero attached hydrogens (tertiary/aromatic N) is 1. The number of carboxylic acids is 1. The van der Waals surface area contributed by atoms with Gasteiger partial charge in [-0.25, -0.2) is 14.0 Å². The normalized spacial score (nSPS) is 10.6. The van der Waals surface area contributed by atoms with Crippen LogP contribution in [0.15, 0.2) is 27.9 Å². The largest absolute Gasteiger partial charge is 0.477 e. The molecule has 6 nitrogen and oxygen atoms in total. The van der Waals surface area contributed by atoms with Gasteiger partial charge < -0.3 is 5.11 Å². The molecule has 0 spiro atoms. The van der Waals surface area contributed by atoms with Crippen molar-refractivity contribution in [3.05, 3.63) is 60.6 Å². The summed E-state index contributed by atoms with van der Waals surface area (Å²) in [5.41, 5.74) is -2.82. The fourth-order valence-electron chi connectivity index (χ4n) is 1.55. The first kappa shape index (κ1) is 14.3. The standard InChI is InChI=1S/C11H5Cl2FN2O4/c12-6-1-4(14)2-7(13)8(6)16-3-5(10(18)19)9(17)15-11(16)20/h1-3H,(H,18,19)(H,15,17,20). The minimum atomic E-state index is -1.53. The molecule has 2 N–H and O–H groups in total. The van der Waals surface area contributed by atoms with Crippen LogP contribution in [0.5, 0.6) is 0 Å². The molecule has 0 bridgehead atoms. The van der Waals surface area contributed by atoms with E-state index in [0.29, 0.717) is 0 Å². The van der Waals surface area contributed by atoms with Gasteiger partial charge in [-0.1, -0.05) is 23.2 Å². The minimum absolute atomic E-state index is 0.126. The first-order valence-electron chi connectivity index (χ1n) is 5.05. The van der Waals surface area contributed by atoms with Gasteiger partial charge in [0.15, 0.2) is 0 Å². The monoisotopic (exact) mass is 318 g/mol. The van der Waals surface area contributed by atoms with Gasteiger partial charge in [0.2, 0.25) is 0 Å². The molecular weight excluding hydrogens is 314 g/mol. The number of hydrogen-bond donors (Lipinski definition) is 2. The third kappa shape index (κ3) is 2.45. The van der Waals surface area contributed by atoms with Crippen molar-refractivity contribution in [1.29, 1.82) is 0 Å². The molecule has 1 heterocycles. The van der Waals surface area contributed by atoms with Crippen LogP contribution in [0.4, 0.5) is 4.39 Å². The summed E-state index contributed by atoms with van der Waals surface area (Å²) in [5.74, 6) is -2.26. The van der Waals surface area contributed by atoms with Crippen molar-refractivity contribution in [1.82, 2.24) is 9.55 Å². The molecule has 0 saturated carbocycles. The Morgan fingerprint density at radius 3 is 2.30 bits per heavy atom. The summed E-state index contributed by atoms with van der Waals surface area (Å²) in [5, 5.41) is 8.43. The average molecular weight is 319 g/mol. The van der Waals surface area contributed by atoms with Gasteiger partial charge in [-0.3, -0.25) is 14.3 Å². The second-order valence-electron chi connectivity index (χ2n) is 3.70. The van der Waals surface area contributed by atoms with Crippen LogP contribution >= 0.6 is 23.2 Å². The van der Waals surface area contributed by atoms with Crippen LogP contribution in [0.2, 0.25) is 10.0 Å². The molecule has 2 rings (SSSR count). The van der Waals surface area contributed by atoms with E-state index in [9.17, 15) is 18.8 Å². The Hall–Kier alpha value is -2.12. The van der Waals surface area contributed by atoms with Crippen LogP contribution in [0.3, 0.4) is 0 Å². The molecule has 1 aromatic carbocycles. The highest BCUT2D eigenvalue weighted by Gasteiger charge is 2.16. The zero-order valence-corrected chi connectivity index (χ0v) is 11.0. The van der Waals surface area contributed by atoms with E-state index in [1.54, 1.807) is 0 Å². The maximum absolute atomic E-state index is 13.1. The van der Waals surface area contributed by atoms with E-state index in [4.69, 9.17) is 28.3 Å². The van der Waals surface area contributed by atoms with Gasteiger partial charge in [0, 0.05) is 6.20 Å². The minimum Gasteiger partial charge on any atom is -0.477 e. The second-order valence-corrected chi connectivity index (χ2v) is 4.51. The summed E-state index contributed by atoms with van der Waals surface area (Å²) in [6.07, 6.45) is 0.772. The van der Waals surface area contributed by atoms with Gasteiger partial charge in [-0.2, -0.15) is 0 Å². The lowest BCUT2D eigenvalue weighted by Gasteiger charge is -2.10. The lowest BCUT2D eigenvalue weighted by atomic mass is 10.3. The molecule has 2 aromatic rings. The Morgan fingerprint density at radius 1 is 1.25 bits per heavy atom. The van der Waals surface area contributed by atoms with E-state index in [-0.39, 0.29) is 15.7 Å². The number of hydrogen-bond acceptors (Lipinski definition) is 3. The second kappa shape index (κ2) is 5.10. The number of carbonyl (C=O) groups is 1. The van der Waals surface area contributed by atoms with Gasteiger partial charge in [-0.05, 0) is 12.1 Å². The van der Waals surface area contributed by atoms with Crippen molar-refractivity contribution >= 4 is 29.2 Å². The number of benzene rings is 1. The third-order valence-electron chi connectivity index (χ3n) is 2.40. The highest BCUT2D eigenvalue weighted by Crippen LogP contribution is 2.28. The van der Waals surface area contributed by atoms with Crippen molar-refractivity contribution in [2.24, 2.45) is 0 Å². The first-order chi connectivity index (χ1) is 9.31. The fourth-order valence-corrected chi connectivity index (χ4v) is 2.20. The predicted octanol–water partition coefficient (Wildman–Crippen LogP) is 1.67. The number of aromatic nitrogens is 2. The molecule has 0 radical (unpaired) electrons. The maximum atomic E-state index is 13.1. The van der Waals surface area contributed by atoms with Crippen LogP contribution in [0.25, 0.3) is 5.69 Å². The maximum Gasteiger partial charge on any atom is 0.342 e. The molecule has 0 aliphatic rings. The number of halogens is 3. The van der Waals surface area contributed by atoms with E-state index in [1.807, 2.05) is 4.98 Å². The van der Waals surface area contributed by atoms with Crippen LogP contribution in [0, 0.1) is 5.82 Å². The molecule has 0 aliphatic heterocycles. The summed E-state index contributed by atoms with van der Waals surface area (Å²) in [6, 6.07) is 1.81. The van der Waals surface area contributed by atoms with Crippen LogP contribution in [-0.2, 0) is 0 Å². The Kier molecular flexibility index (Phi) is 3.65. The van der Waals surface area contributed by atoms with Gasteiger partial charge in [-0.15, -0.1) is 0 Å². The zero-order chi connectivity index (χ0) is 15.0. The molecule has 0 saturated heterocycles. The van der Waals surface area contributed by atoms with Gasteiger partial charge in [0.05, 0.1) is 15.7 Å².